The number of carbonyl (C=O) groups excluding carboxylic acids is 2. The Hall–Kier alpha value is -2.89. The van der Waals surface area contributed by atoms with Gasteiger partial charge in [-0.25, -0.2) is 4.39 Å². The van der Waals surface area contributed by atoms with E-state index in [0.717, 1.165) is 38.4 Å². The van der Waals surface area contributed by atoms with Gasteiger partial charge in [0.2, 0.25) is 0 Å². The van der Waals surface area contributed by atoms with Crippen LogP contribution in [0.4, 0.5) is 10.1 Å². The first-order valence-electron chi connectivity index (χ1n) is 8.63. The van der Waals surface area contributed by atoms with E-state index in [2.05, 4.69) is 5.32 Å². The summed E-state index contributed by atoms with van der Waals surface area (Å²) in [5.74, 6) is -1.00. The van der Waals surface area contributed by atoms with Crippen LogP contribution in [0.1, 0.15) is 40.0 Å². The van der Waals surface area contributed by atoms with Gasteiger partial charge in [-0.3, -0.25) is 9.59 Å². The Morgan fingerprint density at radius 1 is 1.04 bits per heavy atom. The van der Waals surface area contributed by atoms with Gasteiger partial charge in [-0.05, 0) is 55.7 Å². The first-order valence-corrected chi connectivity index (χ1v) is 8.63. The van der Waals surface area contributed by atoms with E-state index in [1.165, 1.54) is 19.2 Å². The van der Waals surface area contributed by atoms with Crippen LogP contribution in [0.5, 0.6) is 5.75 Å². The van der Waals surface area contributed by atoms with Crippen molar-refractivity contribution in [3.63, 3.8) is 0 Å². The molecule has 1 saturated heterocycles. The van der Waals surface area contributed by atoms with E-state index in [0.29, 0.717) is 11.3 Å². The Balaban J connectivity index is 1.72. The lowest BCUT2D eigenvalue weighted by Gasteiger charge is -2.26. The maximum atomic E-state index is 13.8. The minimum absolute atomic E-state index is 0.0312. The Bertz CT molecular complexity index is 816. The number of methoxy groups -OCH3 is 1. The van der Waals surface area contributed by atoms with Crippen molar-refractivity contribution in [1.82, 2.24) is 4.90 Å². The topological polar surface area (TPSA) is 58.6 Å². The second-order valence-corrected chi connectivity index (χ2v) is 6.24. The van der Waals surface area contributed by atoms with Crippen LogP contribution in [0.3, 0.4) is 0 Å². The summed E-state index contributed by atoms with van der Waals surface area (Å²) in [6.45, 7) is 1.53. The molecular weight excluding hydrogens is 335 g/mol. The molecule has 6 heteroatoms. The molecule has 0 unspecified atom stereocenters. The highest BCUT2D eigenvalue weighted by Crippen LogP contribution is 2.20. The molecule has 5 nitrogen and oxygen atoms in total. The molecule has 2 amide bonds. The summed E-state index contributed by atoms with van der Waals surface area (Å²) < 4.78 is 18.6. The molecule has 0 bridgehead atoms. The summed E-state index contributed by atoms with van der Waals surface area (Å²) in [4.78, 5) is 26.7. The monoisotopic (exact) mass is 356 g/mol. The molecule has 1 aliphatic heterocycles. The number of nitrogens with one attached hydrogen (secondary N) is 1. The fraction of sp³-hybridized carbons (Fsp3) is 0.300. The summed E-state index contributed by atoms with van der Waals surface area (Å²) in [6.07, 6.45) is 3.19. The van der Waals surface area contributed by atoms with E-state index < -0.39 is 11.7 Å². The van der Waals surface area contributed by atoms with Crippen LogP contribution < -0.4 is 10.1 Å². The Morgan fingerprint density at radius 2 is 1.81 bits per heavy atom. The first-order chi connectivity index (χ1) is 12.6. The molecule has 1 N–H and O–H groups in total. The molecule has 1 aliphatic rings. The second-order valence-electron chi connectivity index (χ2n) is 6.24. The van der Waals surface area contributed by atoms with E-state index in [1.807, 2.05) is 4.90 Å². The number of piperidine rings is 1. The molecule has 26 heavy (non-hydrogen) atoms. The zero-order chi connectivity index (χ0) is 18.5. The van der Waals surface area contributed by atoms with Gasteiger partial charge in [-0.2, -0.15) is 0 Å². The summed E-state index contributed by atoms with van der Waals surface area (Å²) in [5, 5.41) is 2.70. The number of anilines is 1. The van der Waals surface area contributed by atoms with E-state index in [4.69, 9.17) is 4.74 Å². The zero-order valence-corrected chi connectivity index (χ0v) is 14.6. The van der Waals surface area contributed by atoms with Crippen molar-refractivity contribution in [2.45, 2.75) is 19.3 Å². The van der Waals surface area contributed by atoms with Gasteiger partial charge in [0, 0.05) is 29.9 Å². The van der Waals surface area contributed by atoms with Gasteiger partial charge in [0.15, 0.2) is 11.6 Å². The van der Waals surface area contributed by atoms with Crippen LogP contribution in [0, 0.1) is 5.82 Å². The average Bonchev–Trinajstić information content (AvgIpc) is 2.68. The van der Waals surface area contributed by atoms with Crippen molar-refractivity contribution in [2.24, 2.45) is 0 Å². The quantitative estimate of drug-likeness (QED) is 0.908. The van der Waals surface area contributed by atoms with Gasteiger partial charge in [0.05, 0.1) is 7.11 Å². The third-order valence-corrected chi connectivity index (χ3v) is 4.42. The predicted octanol–water partition coefficient (Wildman–Crippen LogP) is 3.71. The van der Waals surface area contributed by atoms with Crippen LogP contribution in [0.25, 0.3) is 0 Å². The molecule has 1 fully saturated rings. The maximum absolute atomic E-state index is 13.8. The number of halogens is 1. The number of nitrogens with zero attached hydrogens (tertiary/aromatic N) is 1. The van der Waals surface area contributed by atoms with Crippen LogP contribution in [0.2, 0.25) is 0 Å². The molecule has 136 valence electrons. The van der Waals surface area contributed by atoms with E-state index in [1.54, 1.807) is 24.3 Å². The van der Waals surface area contributed by atoms with Gasteiger partial charge in [0.25, 0.3) is 11.8 Å². The molecule has 2 aromatic carbocycles. The molecule has 0 radical (unpaired) electrons. The van der Waals surface area contributed by atoms with Crippen molar-refractivity contribution >= 4 is 17.5 Å². The number of amides is 2. The SMILES string of the molecule is COc1ccc(C(=O)Nc2cccc(C(=O)N3CCCCC3)c2)cc1F. The van der Waals surface area contributed by atoms with Crippen LogP contribution >= 0.6 is 0 Å². The number of hydrogen-bond donors (Lipinski definition) is 1. The summed E-state index contributed by atoms with van der Waals surface area (Å²) in [6, 6.07) is 10.8. The zero-order valence-electron chi connectivity index (χ0n) is 14.6. The molecule has 1 heterocycles. The highest BCUT2D eigenvalue weighted by atomic mass is 19.1. The predicted molar refractivity (Wildman–Crippen MR) is 97.1 cm³/mol. The van der Waals surface area contributed by atoms with Crippen molar-refractivity contribution < 1.29 is 18.7 Å². The minimum atomic E-state index is -0.603. The standard InChI is InChI=1S/C20H21FN2O3/c1-26-18-9-8-14(13-17(18)21)19(24)22-16-7-5-6-15(12-16)20(25)23-10-3-2-4-11-23/h5-9,12-13H,2-4,10-11H2,1H3,(H,22,24). The van der Waals surface area contributed by atoms with Gasteiger partial charge in [0.1, 0.15) is 0 Å². The number of ether oxygens (including phenoxy) is 1. The van der Waals surface area contributed by atoms with Crippen LogP contribution in [-0.2, 0) is 0 Å². The van der Waals surface area contributed by atoms with Crippen LogP contribution in [-0.4, -0.2) is 36.9 Å². The fourth-order valence-corrected chi connectivity index (χ4v) is 3.02. The van der Waals surface area contributed by atoms with Crippen LogP contribution in [0.15, 0.2) is 42.5 Å². The molecule has 0 atom stereocenters. The molecule has 0 spiro atoms. The van der Waals surface area contributed by atoms with Crippen molar-refractivity contribution in [1.29, 1.82) is 0 Å². The third-order valence-electron chi connectivity index (χ3n) is 4.42. The lowest BCUT2D eigenvalue weighted by Crippen LogP contribution is -2.35. The highest BCUT2D eigenvalue weighted by Gasteiger charge is 2.18. The number of likely N-dealkylation sites (tertiary alicyclic amines) is 1. The molecular formula is C20H21FN2O3. The molecule has 0 saturated carbocycles. The number of hydrogen-bond acceptors (Lipinski definition) is 3. The number of benzene rings is 2. The summed E-state index contributed by atoms with van der Waals surface area (Å²) >= 11 is 0. The lowest BCUT2D eigenvalue weighted by molar-refractivity contribution is 0.0724. The maximum Gasteiger partial charge on any atom is 0.255 e. The van der Waals surface area contributed by atoms with Gasteiger partial charge < -0.3 is 15.0 Å². The van der Waals surface area contributed by atoms with Gasteiger partial charge in [-0.15, -0.1) is 0 Å². The van der Waals surface area contributed by atoms with Crippen molar-refractivity contribution in [2.75, 3.05) is 25.5 Å². The van der Waals surface area contributed by atoms with E-state index in [-0.39, 0.29) is 17.2 Å². The Labute approximate surface area is 151 Å². The average molecular weight is 356 g/mol. The van der Waals surface area contributed by atoms with E-state index in [9.17, 15) is 14.0 Å². The largest absolute Gasteiger partial charge is 0.494 e. The molecule has 0 aromatic heterocycles. The second kappa shape index (κ2) is 7.99. The minimum Gasteiger partial charge on any atom is -0.494 e. The molecule has 2 aromatic rings. The Kier molecular flexibility index (Phi) is 5.51. The normalized spacial score (nSPS) is 14.0. The lowest BCUT2D eigenvalue weighted by atomic mass is 10.1. The fourth-order valence-electron chi connectivity index (χ4n) is 3.02. The van der Waals surface area contributed by atoms with Crippen molar-refractivity contribution in [3.05, 3.63) is 59.4 Å². The smallest absolute Gasteiger partial charge is 0.255 e. The number of carbonyl (C=O) groups is 2. The van der Waals surface area contributed by atoms with Gasteiger partial charge in [-0.1, -0.05) is 6.07 Å². The third kappa shape index (κ3) is 4.02. The number of rotatable bonds is 4. The van der Waals surface area contributed by atoms with Crippen molar-refractivity contribution in [3.8, 4) is 5.75 Å². The first kappa shape index (κ1) is 17.9. The Morgan fingerprint density at radius 3 is 2.50 bits per heavy atom. The van der Waals surface area contributed by atoms with E-state index >= 15 is 0 Å². The summed E-state index contributed by atoms with van der Waals surface area (Å²) in [5.41, 5.74) is 1.20. The highest BCUT2D eigenvalue weighted by molar-refractivity contribution is 6.05. The molecule has 0 aliphatic carbocycles. The van der Waals surface area contributed by atoms with Gasteiger partial charge >= 0.3 is 0 Å². The summed E-state index contributed by atoms with van der Waals surface area (Å²) in [7, 11) is 1.36. The molecule has 3 rings (SSSR count).